The van der Waals surface area contributed by atoms with Crippen molar-refractivity contribution in [2.75, 3.05) is 50.1 Å². The van der Waals surface area contributed by atoms with Gasteiger partial charge < -0.3 is 9.80 Å². The summed E-state index contributed by atoms with van der Waals surface area (Å²) in [6.07, 6.45) is 0. The second kappa shape index (κ2) is 7.37. The number of piperazine rings is 1. The summed E-state index contributed by atoms with van der Waals surface area (Å²) >= 11 is 0. The second-order valence-electron chi connectivity index (χ2n) is 6.48. The lowest BCUT2D eigenvalue weighted by molar-refractivity contribution is 0.250. The molecule has 4 heteroatoms. The fraction of sp³-hybridized carbons (Fsp3) is 0.350. The first-order chi connectivity index (χ1) is 11.7. The van der Waals surface area contributed by atoms with Crippen LogP contribution in [0.1, 0.15) is 11.1 Å². The van der Waals surface area contributed by atoms with E-state index < -0.39 is 0 Å². The van der Waals surface area contributed by atoms with E-state index in [0.717, 1.165) is 38.3 Å². The Morgan fingerprint density at radius 1 is 0.917 bits per heavy atom. The maximum atomic E-state index is 8.87. The summed E-state index contributed by atoms with van der Waals surface area (Å²) in [6, 6.07) is 18.9. The van der Waals surface area contributed by atoms with Crippen LogP contribution in [0.3, 0.4) is 0 Å². The fourth-order valence-electron chi connectivity index (χ4n) is 3.07. The standard InChI is InChI=1S/C20H24N4/c1-22(2)19-7-9-20(10-8-19)24-13-11-23(12-14-24)16-18-5-3-17(15-21)4-6-18/h3-10H,11-14,16H2,1-2H3. The summed E-state index contributed by atoms with van der Waals surface area (Å²) < 4.78 is 0. The third-order valence-corrected chi connectivity index (χ3v) is 4.59. The highest BCUT2D eigenvalue weighted by molar-refractivity contribution is 5.56. The maximum Gasteiger partial charge on any atom is 0.0991 e. The smallest absolute Gasteiger partial charge is 0.0991 e. The van der Waals surface area contributed by atoms with Gasteiger partial charge in [0, 0.05) is 58.2 Å². The minimum absolute atomic E-state index is 0.727. The monoisotopic (exact) mass is 320 g/mol. The summed E-state index contributed by atoms with van der Waals surface area (Å²) in [5, 5.41) is 8.87. The molecule has 0 bridgehead atoms. The molecule has 1 heterocycles. The highest BCUT2D eigenvalue weighted by Crippen LogP contribution is 2.21. The molecule has 1 saturated heterocycles. The van der Waals surface area contributed by atoms with Gasteiger partial charge in [0.05, 0.1) is 11.6 Å². The minimum atomic E-state index is 0.727. The fourth-order valence-corrected chi connectivity index (χ4v) is 3.07. The first kappa shape index (κ1) is 16.4. The first-order valence-electron chi connectivity index (χ1n) is 8.39. The molecule has 0 N–H and O–H groups in total. The Labute approximate surface area is 144 Å². The zero-order chi connectivity index (χ0) is 16.9. The van der Waals surface area contributed by atoms with Crippen molar-refractivity contribution in [1.82, 2.24) is 4.90 Å². The SMILES string of the molecule is CN(C)c1ccc(N2CCN(Cc3ccc(C#N)cc3)CC2)cc1. The van der Waals surface area contributed by atoms with Gasteiger partial charge in [-0.3, -0.25) is 4.90 Å². The summed E-state index contributed by atoms with van der Waals surface area (Å²) in [7, 11) is 4.13. The first-order valence-corrected chi connectivity index (χ1v) is 8.39. The maximum absolute atomic E-state index is 8.87. The molecule has 1 aliphatic heterocycles. The van der Waals surface area contributed by atoms with Crippen LogP contribution in [-0.4, -0.2) is 45.2 Å². The molecule has 2 aromatic carbocycles. The molecular formula is C20H24N4. The lowest BCUT2D eigenvalue weighted by atomic mass is 10.1. The number of hydrogen-bond donors (Lipinski definition) is 0. The summed E-state index contributed by atoms with van der Waals surface area (Å²) in [6.45, 7) is 5.19. The van der Waals surface area contributed by atoms with Crippen molar-refractivity contribution in [3.63, 3.8) is 0 Å². The molecule has 1 fully saturated rings. The zero-order valence-corrected chi connectivity index (χ0v) is 14.4. The van der Waals surface area contributed by atoms with Gasteiger partial charge in [0.15, 0.2) is 0 Å². The Morgan fingerprint density at radius 2 is 1.54 bits per heavy atom. The molecule has 124 valence electrons. The van der Waals surface area contributed by atoms with E-state index in [1.165, 1.54) is 16.9 Å². The van der Waals surface area contributed by atoms with E-state index in [4.69, 9.17) is 5.26 Å². The highest BCUT2D eigenvalue weighted by atomic mass is 15.3. The zero-order valence-electron chi connectivity index (χ0n) is 14.4. The van der Waals surface area contributed by atoms with Crippen molar-refractivity contribution in [3.05, 3.63) is 59.7 Å². The Bertz CT molecular complexity index is 690. The van der Waals surface area contributed by atoms with Crippen LogP contribution in [-0.2, 0) is 6.54 Å². The number of nitrogens with zero attached hydrogens (tertiary/aromatic N) is 4. The molecule has 3 rings (SSSR count). The van der Waals surface area contributed by atoms with E-state index >= 15 is 0 Å². The molecule has 0 amide bonds. The lowest BCUT2D eigenvalue weighted by Crippen LogP contribution is -2.45. The van der Waals surface area contributed by atoms with Crippen molar-refractivity contribution in [3.8, 4) is 6.07 Å². The van der Waals surface area contributed by atoms with Crippen LogP contribution in [0.5, 0.6) is 0 Å². The van der Waals surface area contributed by atoms with Crippen LogP contribution in [0.2, 0.25) is 0 Å². The van der Waals surface area contributed by atoms with E-state index in [0.29, 0.717) is 0 Å². The molecule has 1 aliphatic rings. The average Bonchev–Trinajstić information content (AvgIpc) is 2.63. The van der Waals surface area contributed by atoms with Crippen molar-refractivity contribution in [2.45, 2.75) is 6.54 Å². The average molecular weight is 320 g/mol. The van der Waals surface area contributed by atoms with Gasteiger partial charge in [-0.05, 0) is 42.0 Å². The normalized spacial score (nSPS) is 15.1. The van der Waals surface area contributed by atoms with E-state index in [9.17, 15) is 0 Å². The van der Waals surface area contributed by atoms with Gasteiger partial charge in [-0.1, -0.05) is 12.1 Å². The van der Waals surface area contributed by atoms with Crippen molar-refractivity contribution < 1.29 is 0 Å². The van der Waals surface area contributed by atoms with E-state index in [2.05, 4.69) is 71.3 Å². The second-order valence-corrected chi connectivity index (χ2v) is 6.48. The molecule has 0 aromatic heterocycles. The topological polar surface area (TPSA) is 33.5 Å². The van der Waals surface area contributed by atoms with Crippen LogP contribution < -0.4 is 9.80 Å². The molecule has 0 atom stereocenters. The highest BCUT2D eigenvalue weighted by Gasteiger charge is 2.17. The number of rotatable bonds is 4. The predicted molar refractivity (Wildman–Crippen MR) is 99.4 cm³/mol. The summed E-state index contributed by atoms with van der Waals surface area (Å²) in [5.74, 6) is 0. The van der Waals surface area contributed by atoms with Crippen molar-refractivity contribution in [1.29, 1.82) is 5.26 Å². The van der Waals surface area contributed by atoms with Crippen LogP contribution in [0.25, 0.3) is 0 Å². The Kier molecular flexibility index (Phi) is 5.02. The summed E-state index contributed by atoms with van der Waals surface area (Å²) in [4.78, 5) is 7.06. The predicted octanol–water partition coefficient (Wildman–Crippen LogP) is 2.95. The van der Waals surface area contributed by atoms with Crippen LogP contribution in [0.15, 0.2) is 48.5 Å². The van der Waals surface area contributed by atoms with Gasteiger partial charge >= 0.3 is 0 Å². The van der Waals surface area contributed by atoms with Crippen LogP contribution in [0, 0.1) is 11.3 Å². The van der Waals surface area contributed by atoms with E-state index in [-0.39, 0.29) is 0 Å². The van der Waals surface area contributed by atoms with Gasteiger partial charge in [0.1, 0.15) is 0 Å². The number of hydrogen-bond acceptors (Lipinski definition) is 4. The quantitative estimate of drug-likeness (QED) is 0.867. The van der Waals surface area contributed by atoms with Crippen LogP contribution in [0.4, 0.5) is 11.4 Å². The van der Waals surface area contributed by atoms with Crippen LogP contribution >= 0.6 is 0 Å². The van der Waals surface area contributed by atoms with Gasteiger partial charge in [-0.2, -0.15) is 5.26 Å². The molecule has 4 nitrogen and oxygen atoms in total. The minimum Gasteiger partial charge on any atom is -0.378 e. The third kappa shape index (κ3) is 3.87. The lowest BCUT2D eigenvalue weighted by Gasteiger charge is -2.36. The van der Waals surface area contributed by atoms with Gasteiger partial charge in [-0.15, -0.1) is 0 Å². The largest absolute Gasteiger partial charge is 0.378 e. The number of anilines is 2. The van der Waals surface area contributed by atoms with Crippen molar-refractivity contribution in [2.24, 2.45) is 0 Å². The molecular weight excluding hydrogens is 296 g/mol. The molecule has 0 saturated carbocycles. The molecule has 0 aliphatic carbocycles. The Balaban J connectivity index is 1.54. The Morgan fingerprint density at radius 3 is 2.08 bits per heavy atom. The van der Waals surface area contributed by atoms with Gasteiger partial charge in [-0.25, -0.2) is 0 Å². The molecule has 2 aromatic rings. The van der Waals surface area contributed by atoms with Crippen molar-refractivity contribution >= 4 is 11.4 Å². The number of benzene rings is 2. The third-order valence-electron chi connectivity index (χ3n) is 4.59. The van der Waals surface area contributed by atoms with E-state index in [1.807, 2.05) is 12.1 Å². The molecule has 24 heavy (non-hydrogen) atoms. The molecule has 0 spiro atoms. The number of nitriles is 1. The molecule has 0 radical (unpaired) electrons. The Hall–Kier alpha value is -2.51. The summed E-state index contributed by atoms with van der Waals surface area (Å²) in [5.41, 5.74) is 4.54. The molecule has 0 unspecified atom stereocenters. The van der Waals surface area contributed by atoms with E-state index in [1.54, 1.807) is 0 Å². The van der Waals surface area contributed by atoms with Gasteiger partial charge in [0.2, 0.25) is 0 Å². The van der Waals surface area contributed by atoms with Gasteiger partial charge in [0.25, 0.3) is 0 Å².